The molecule has 1 saturated heterocycles. The Balaban J connectivity index is 1.52. The third kappa shape index (κ3) is 2.96. The van der Waals surface area contributed by atoms with Crippen LogP contribution >= 0.6 is 0 Å². The first-order valence-electron chi connectivity index (χ1n) is 10.4. The number of rotatable bonds is 3. The number of ether oxygens (including phenoxy) is 1. The van der Waals surface area contributed by atoms with Crippen molar-refractivity contribution < 1.29 is 32.6 Å². The molecular weight excluding hydrogens is 445 g/mol. The van der Waals surface area contributed by atoms with E-state index < -0.39 is 70.1 Å². The lowest BCUT2D eigenvalue weighted by molar-refractivity contribution is -0.101. The molecule has 2 N–H and O–H groups in total. The average Bonchev–Trinajstić information content (AvgIpc) is 3.32. The summed E-state index contributed by atoms with van der Waals surface area (Å²) in [7, 11) is 0. The topological polar surface area (TPSA) is 114 Å². The Morgan fingerprint density at radius 1 is 1.36 bits per heavy atom. The number of hydrogen-bond donors (Lipinski definition) is 2. The minimum absolute atomic E-state index is 0.226. The van der Waals surface area contributed by atoms with Crippen LogP contribution in [0, 0.1) is 17.7 Å². The van der Waals surface area contributed by atoms with Gasteiger partial charge in [0.2, 0.25) is 17.3 Å². The van der Waals surface area contributed by atoms with Gasteiger partial charge in [0.1, 0.15) is 11.4 Å². The van der Waals surface area contributed by atoms with Crippen molar-refractivity contribution in [3.63, 3.8) is 0 Å². The van der Waals surface area contributed by atoms with Crippen LogP contribution in [0.1, 0.15) is 58.6 Å². The molecule has 3 atom stereocenters. The van der Waals surface area contributed by atoms with Crippen molar-refractivity contribution >= 4 is 11.8 Å². The summed E-state index contributed by atoms with van der Waals surface area (Å²) >= 11 is 0. The number of carbonyl (C=O) groups excluding carboxylic acids is 2. The van der Waals surface area contributed by atoms with Crippen LogP contribution in [0.3, 0.4) is 0 Å². The van der Waals surface area contributed by atoms with Crippen LogP contribution in [-0.4, -0.2) is 49.7 Å². The molecule has 1 saturated carbocycles. The summed E-state index contributed by atoms with van der Waals surface area (Å²) in [5, 5.41) is 12.8. The van der Waals surface area contributed by atoms with Gasteiger partial charge >= 0.3 is 0 Å². The van der Waals surface area contributed by atoms with Crippen LogP contribution in [0.25, 0.3) is 0 Å². The number of carbonyl (C=O) groups is 2. The van der Waals surface area contributed by atoms with E-state index in [2.05, 4.69) is 10.3 Å². The molecule has 2 aromatic rings. The van der Waals surface area contributed by atoms with Gasteiger partial charge in [0.15, 0.2) is 17.2 Å². The Morgan fingerprint density at radius 2 is 2.12 bits per heavy atom. The van der Waals surface area contributed by atoms with Gasteiger partial charge in [-0.2, -0.15) is 13.8 Å². The van der Waals surface area contributed by atoms with Crippen molar-refractivity contribution in [3.8, 4) is 5.75 Å². The van der Waals surface area contributed by atoms with E-state index in [4.69, 9.17) is 4.74 Å². The highest BCUT2D eigenvalue weighted by molar-refractivity contribution is 5.99. The molecule has 33 heavy (non-hydrogen) atoms. The van der Waals surface area contributed by atoms with Crippen LogP contribution in [0.2, 0.25) is 0 Å². The average molecular weight is 464 g/mol. The van der Waals surface area contributed by atoms with Crippen molar-refractivity contribution in [2.24, 2.45) is 0 Å². The smallest absolute Gasteiger partial charge is 0.277 e. The van der Waals surface area contributed by atoms with Crippen LogP contribution < -0.4 is 10.7 Å². The molecule has 5 rings (SSSR count). The van der Waals surface area contributed by atoms with E-state index in [0.29, 0.717) is 25.5 Å². The summed E-state index contributed by atoms with van der Waals surface area (Å²) < 4.78 is 48.0. The van der Waals surface area contributed by atoms with E-state index in [9.17, 15) is 32.7 Å². The Kier molecular flexibility index (Phi) is 4.74. The van der Waals surface area contributed by atoms with Gasteiger partial charge in [-0.25, -0.2) is 4.39 Å². The number of fused-ring (bicyclic) bond motifs is 2. The van der Waals surface area contributed by atoms with Gasteiger partial charge < -0.3 is 24.6 Å². The number of pyridine rings is 2. The summed E-state index contributed by atoms with van der Waals surface area (Å²) in [4.78, 5) is 43.1. The predicted molar refractivity (Wildman–Crippen MR) is 105 cm³/mol. The first kappa shape index (κ1) is 21.4. The fourth-order valence-corrected chi connectivity index (χ4v) is 5.16. The SMILES string of the molecule is C[C@H]1CO[C@@]23CCC[C@@H]2n2cc(C(=O)NCc4c(F)cc(F)nc4F)c(=O)c(O)c2C(=O)N13. The zero-order valence-corrected chi connectivity index (χ0v) is 17.4. The number of amides is 2. The lowest BCUT2D eigenvalue weighted by atomic mass is 9.98. The van der Waals surface area contributed by atoms with Crippen molar-refractivity contribution in [2.45, 2.75) is 50.5 Å². The third-order valence-electron chi connectivity index (χ3n) is 6.58. The standard InChI is InChI=1S/C21H19F3N4O5/c1-9-8-33-21-4-2-3-13(21)27-7-11(16(29)17(30)15(27)20(32)28(9)21)19(31)25-6-10-12(22)5-14(23)26-18(10)24/h5,7,9,13,30H,2-4,6,8H2,1H3,(H,25,31)/t9-,13-,21-/m0/s1. The number of nitrogens with one attached hydrogen (secondary N) is 1. The maximum Gasteiger partial charge on any atom is 0.277 e. The number of aromatic nitrogens is 2. The molecule has 174 valence electrons. The first-order valence-corrected chi connectivity index (χ1v) is 10.4. The molecule has 1 spiro atoms. The summed E-state index contributed by atoms with van der Waals surface area (Å²) in [5.41, 5.74) is -3.45. The molecule has 2 fully saturated rings. The van der Waals surface area contributed by atoms with E-state index in [1.54, 1.807) is 4.90 Å². The summed E-state index contributed by atoms with van der Waals surface area (Å²) in [5.74, 6) is -6.53. The second-order valence-electron chi connectivity index (χ2n) is 8.44. The Labute approximate surface area is 184 Å². The van der Waals surface area contributed by atoms with E-state index >= 15 is 0 Å². The van der Waals surface area contributed by atoms with Crippen molar-refractivity contribution in [2.75, 3.05) is 6.61 Å². The highest BCUT2D eigenvalue weighted by Gasteiger charge is 2.60. The number of halogens is 3. The maximum absolute atomic E-state index is 13.8. The van der Waals surface area contributed by atoms with Crippen LogP contribution in [0.4, 0.5) is 13.2 Å². The molecule has 3 aliphatic rings. The molecule has 1 aliphatic carbocycles. The van der Waals surface area contributed by atoms with Crippen LogP contribution in [0.15, 0.2) is 17.1 Å². The van der Waals surface area contributed by atoms with Crippen LogP contribution in [0.5, 0.6) is 5.75 Å². The zero-order chi connectivity index (χ0) is 23.7. The van der Waals surface area contributed by atoms with E-state index in [-0.39, 0.29) is 11.7 Å². The van der Waals surface area contributed by atoms with Gasteiger partial charge in [0, 0.05) is 12.3 Å². The Bertz CT molecular complexity index is 1240. The maximum atomic E-state index is 13.8. The van der Waals surface area contributed by atoms with E-state index in [1.807, 2.05) is 6.92 Å². The minimum atomic E-state index is -1.44. The number of aromatic hydroxyl groups is 1. The van der Waals surface area contributed by atoms with Gasteiger partial charge in [-0.05, 0) is 26.2 Å². The van der Waals surface area contributed by atoms with Gasteiger partial charge in [0.25, 0.3) is 11.8 Å². The molecule has 2 aliphatic heterocycles. The molecule has 12 heteroatoms. The summed E-state index contributed by atoms with van der Waals surface area (Å²) in [6.45, 7) is 1.40. The highest BCUT2D eigenvalue weighted by Crippen LogP contribution is 2.52. The third-order valence-corrected chi connectivity index (χ3v) is 6.58. The normalized spacial score (nSPS) is 25.6. The Morgan fingerprint density at radius 3 is 2.85 bits per heavy atom. The zero-order valence-electron chi connectivity index (χ0n) is 17.4. The highest BCUT2D eigenvalue weighted by atomic mass is 19.1. The largest absolute Gasteiger partial charge is 0.503 e. The number of hydrogen-bond acceptors (Lipinski definition) is 6. The molecule has 0 radical (unpaired) electrons. The van der Waals surface area contributed by atoms with Gasteiger partial charge in [-0.1, -0.05) is 0 Å². The van der Waals surface area contributed by atoms with Gasteiger partial charge in [-0.15, -0.1) is 0 Å². The fraction of sp³-hybridized carbons (Fsp3) is 0.429. The summed E-state index contributed by atoms with van der Waals surface area (Å²) in [6.07, 6.45) is 3.05. The molecular formula is C21H19F3N4O5. The number of nitrogens with zero attached hydrogens (tertiary/aromatic N) is 3. The van der Waals surface area contributed by atoms with Crippen LogP contribution in [-0.2, 0) is 11.3 Å². The van der Waals surface area contributed by atoms with Gasteiger partial charge in [-0.3, -0.25) is 14.4 Å². The first-order chi connectivity index (χ1) is 15.7. The van der Waals surface area contributed by atoms with E-state index in [0.717, 1.165) is 6.42 Å². The molecule has 0 bridgehead atoms. The molecule has 0 aromatic carbocycles. The Hall–Kier alpha value is -3.41. The second-order valence-corrected chi connectivity index (χ2v) is 8.44. The minimum Gasteiger partial charge on any atom is -0.503 e. The molecule has 4 heterocycles. The molecule has 0 unspecified atom stereocenters. The molecule has 2 aromatic heterocycles. The lowest BCUT2D eigenvalue weighted by Gasteiger charge is -2.45. The quantitative estimate of drug-likeness (QED) is 0.667. The monoisotopic (exact) mass is 464 g/mol. The van der Waals surface area contributed by atoms with Crippen molar-refractivity contribution in [1.82, 2.24) is 19.8 Å². The lowest BCUT2D eigenvalue weighted by Crippen LogP contribution is -2.58. The second kappa shape index (κ2) is 7.30. The molecule has 9 nitrogen and oxygen atoms in total. The fourth-order valence-electron chi connectivity index (χ4n) is 5.16. The predicted octanol–water partition coefficient (Wildman–Crippen LogP) is 1.59. The van der Waals surface area contributed by atoms with Gasteiger partial charge in [0.05, 0.1) is 30.8 Å². The van der Waals surface area contributed by atoms with Crippen molar-refractivity contribution in [3.05, 3.63) is 57.0 Å². The van der Waals surface area contributed by atoms with Crippen molar-refractivity contribution in [1.29, 1.82) is 0 Å². The van der Waals surface area contributed by atoms with E-state index in [1.165, 1.54) is 10.8 Å². The summed E-state index contributed by atoms with van der Waals surface area (Å²) in [6, 6.07) is -0.313. The molecule has 2 amide bonds.